The van der Waals surface area contributed by atoms with Crippen LogP contribution in [0, 0.1) is 0 Å². The van der Waals surface area contributed by atoms with Gasteiger partial charge in [-0.2, -0.15) is 0 Å². The molecule has 1 unspecified atom stereocenters. The van der Waals surface area contributed by atoms with Crippen LogP contribution in [0.15, 0.2) is 24.3 Å². The number of nitrogens with one attached hydrogen (secondary N) is 1. The molecule has 0 aliphatic carbocycles. The topological polar surface area (TPSA) is 71.1 Å². The van der Waals surface area contributed by atoms with Gasteiger partial charge in [0.2, 0.25) is 0 Å². The Morgan fingerprint density at radius 2 is 1.77 bits per heavy atom. The summed E-state index contributed by atoms with van der Waals surface area (Å²) in [6.07, 6.45) is -0.314. The molecule has 26 heavy (non-hydrogen) atoms. The normalized spacial score (nSPS) is 24.3. The molecule has 2 heterocycles. The number of ether oxygens (including phenoxy) is 2. The Morgan fingerprint density at radius 1 is 1.15 bits per heavy atom. The van der Waals surface area contributed by atoms with Gasteiger partial charge < -0.3 is 19.7 Å². The monoisotopic (exact) mass is 377 g/mol. The average molecular weight is 378 g/mol. The van der Waals surface area contributed by atoms with Crippen LogP contribution >= 0.6 is 0 Å². The predicted molar refractivity (Wildman–Crippen MR) is 104 cm³/mol. The van der Waals surface area contributed by atoms with Crippen molar-refractivity contribution in [1.29, 1.82) is 0 Å². The summed E-state index contributed by atoms with van der Waals surface area (Å²) < 4.78 is 10.8. The van der Waals surface area contributed by atoms with Crippen molar-refractivity contribution < 1.29 is 19.1 Å². The average Bonchev–Trinajstić information content (AvgIpc) is 2.89. The van der Waals surface area contributed by atoms with E-state index >= 15 is 0 Å². The van der Waals surface area contributed by atoms with Crippen LogP contribution in [0.5, 0.6) is 0 Å². The standard InChI is InChI=1S/C18H27N3O4Si/c1-17(2,3)19-11-18(26)12-21(16(23)25-18)14-6-4-13(5-7-14)20-8-9-24-10-15(20)22/h4-7,19H,8-12H2,1-3,26H3. The van der Waals surface area contributed by atoms with Gasteiger partial charge in [0.1, 0.15) is 11.8 Å². The van der Waals surface area contributed by atoms with Gasteiger partial charge in [0.25, 0.3) is 5.91 Å². The van der Waals surface area contributed by atoms with Crippen molar-refractivity contribution in [2.45, 2.75) is 31.5 Å². The highest BCUT2D eigenvalue weighted by Crippen LogP contribution is 2.28. The van der Waals surface area contributed by atoms with Gasteiger partial charge in [0.05, 0.1) is 23.4 Å². The molecule has 2 saturated heterocycles. The Labute approximate surface area is 157 Å². The van der Waals surface area contributed by atoms with Gasteiger partial charge in [0, 0.05) is 30.0 Å². The van der Waals surface area contributed by atoms with Crippen LogP contribution in [-0.4, -0.2) is 65.9 Å². The van der Waals surface area contributed by atoms with Crippen molar-refractivity contribution in [3.8, 4) is 0 Å². The number of rotatable bonds is 4. The second-order valence-electron chi connectivity index (χ2n) is 8.12. The van der Waals surface area contributed by atoms with Gasteiger partial charge in [-0.25, -0.2) is 4.79 Å². The predicted octanol–water partition coefficient (Wildman–Crippen LogP) is 0.456. The number of anilines is 2. The number of benzene rings is 1. The zero-order valence-electron chi connectivity index (χ0n) is 15.9. The summed E-state index contributed by atoms with van der Waals surface area (Å²) in [5, 5.41) is 2.99. The lowest BCUT2D eigenvalue weighted by Crippen LogP contribution is -2.50. The minimum atomic E-state index is -0.441. The van der Waals surface area contributed by atoms with Crippen LogP contribution in [0.25, 0.3) is 0 Å². The van der Waals surface area contributed by atoms with Crippen molar-refractivity contribution in [2.75, 3.05) is 42.6 Å². The minimum Gasteiger partial charge on any atom is -0.444 e. The fraction of sp³-hybridized carbons (Fsp3) is 0.556. The van der Waals surface area contributed by atoms with E-state index in [9.17, 15) is 9.59 Å². The van der Waals surface area contributed by atoms with E-state index in [2.05, 4.69) is 26.1 Å². The van der Waals surface area contributed by atoms with Gasteiger partial charge in [-0.1, -0.05) is 0 Å². The third-order valence-corrected chi connectivity index (χ3v) is 5.37. The lowest BCUT2D eigenvalue weighted by molar-refractivity contribution is -0.125. The van der Waals surface area contributed by atoms with E-state index in [1.807, 2.05) is 24.3 Å². The first-order valence-electron chi connectivity index (χ1n) is 8.91. The second kappa shape index (κ2) is 7.01. The molecule has 0 radical (unpaired) electrons. The molecule has 1 N–H and O–H groups in total. The number of cyclic esters (lactones) is 1. The maximum absolute atomic E-state index is 12.4. The molecule has 2 aliphatic rings. The van der Waals surface area contributed by atoms with E-state index < -0.39 is 5.22 Å². The zero-order valence-corrected chi connectivity index (χ0v) is 17.9. The largest absolute Gasteiger partial charge is 0.444 e. The lowest BCUT2D eigenvalue weighted by Gasteiger charge is -2.29. The van der Waals surface area contributed by atoms with Crippen LogP contribution < -0.4 is 15.1 Å². The molecular weight excluding hydrogens is 350 g/mol. The summed E-state index contributed by atoms with van der Waals surface area (Å²) in [7, 11) is 0.740. The molecule has 142 valence electrons. The molecule has 2 fully saturated rings. The third-order valence-electron chi connectivity index (χ3n) is 4.50. The fourth-order valence-electron chi connectivity index (χ4n) is 3.04. The van der Waals surface area contributed by atoms with Crippen molar-refractivity contribution in [2.24, 2.45) is 0 Å². The van der Waals surface area contributed by atoms with Gasteiger partial charge in [-0.05, 0) is 45.0 Å². The van der Waals surface area contributed by atoms with Gasteiger partial charge >= 0.3 is 6.09 Å². The van der Waals surface area contributed by atoms with Gasteiger partial charge in [-0.3, -0.25) is 9.69 Å². The summed E-state index contributed by atoms with van der Waals surface area (Å²) in [6.45, 7) is 8.67. The lowest BCUT2D eigenvalue weighted by atomic mass is 10.1. The number of amides is 2. The number of nitrogens with zero attached hydrogens (tertiary/aromatic N) is 2. The van der Waals surface area contributed by atoms with Crippen molar-refractivity contribution in [3.05, 3.63) is 24.3 Å². The quantitative estimate of drug-likeness (QED) is 0.772. The van der Waals surface area contributed by atoms with Crippen LogP contribution in [-0.2, 0) is 14.3 Å². The van der Waals surface area contributed by atoms with E-state index in [0.717, 1.165) is 21.6 Å². The third kappa shape index (κ3) is 4.25. The molecular formula is C18H27N3O4Si. The first-order chi connectivity index (χ1) is 12.2. The van der Waals surface area contributed by atoms with Crippen molar-refractivity contribution in [3.63, 3.8) is 0 Å². The zero-order chi connectivity index (χ0) is 18.9. The van der Waals surface area contributed by atoms with E-state index in [4.69, 9.17) is 9.47 Å². The summed E-state index contributed by atoms with van der Waals surface area (Å²) in [6, 6.07) is 7.46. The van der Waals surface area contributed by atoms with Crippen molar-refractivity contribution >= 4 is 33.6 Å². The Balaban J connectivity index is 1.69. The second-order valence-corrected chi connectivity index (χ2v) is 9.94. The van der Waals surface area contributed by atoms with E-state index in [-0.39, 0.29) is 24.1 Å². The minimum absolute atomic E-state index is 0.0242. The number of carbonyl (C=O) groups excluding carboxylic acids is 2. The molecule has 3 rings (SSSR count). The van der Waals surface area contributed by atoms with Gasteiger partial charge in [-0.15, -0.1) is 0 Å². The number of hydrogen-bond donors (Lipinski definition) is 1. The summed E-state index contributed by atoms with van der Waals surface area (Å²) in [5.41, 5.74) is 1.58. The molecule has 0 spiro atoms. The van der Waals surface area contributed by atoms with E-state index in [0.29, 0.717) is 26.2 Å². The van der Waals surface area contributed by atoms with Crippen LogP contribution in [0.4, 0.5) is 16.2 Å². The SMILES string of the molecule is CC(C)(C)NCC1([SiH3])CN(c2ccc(N3CCOCC3=O)cc2)C(=O)O1. The number of morpholine rings is 1. The number of hydrogen-bond acceptors (Lipinski definition) is 5. The molecule has 1 aromatic rings. The fourth-order valence-corrected chi connectivity index (χ4v) is 3.71. The summed E-state index contributed by atoms with van der Waals surface area (Å²) in [4.78, 5) is 27.7. The maximum atomic E-state index is 12.4. The van der Waals surface area contributed by atoms with E-state index in [1.165, 1.54) is 0 Å². The van der Waals surface area contributed by atoms with Crippen LogP contribution in [0.3, 0.4) is 0 Å². The summed E-state index contributed by atoms with van der Waals surface area (Å²) >= 11 is 0. The molecule has 0 saturated carbocycles. The van der Waals surface area contributed by atoms with Crippen LogP contribution in [0.1, 0.15) is 20.8 Å². The molecule has 2 amide bonds. The maximum Gasteiger partial charge on any atom is 0.414 e. The highest BCUT2D eigenvalue weighted by Gasteiger charge is 2.42. The number of carbonyl (C=O) groups is 2. The Kier molecular flexibility index (Phi) is 5.09. The van der Waals surface area contributed by atoms with E-state index in [1.54, 1.807) is 9.80 Å². The highest BCUT2D eigenvalue weighted by molar-refractivity contribution is 6.18. The van der Waals surface area contributed by atoms with Gasteiger partial charge in [0.15, 0.2) is 0 Å². The molecule has 8 heteroatoms. The summed E-state index contributed by atoms with van der Waals surface area (Å²) in [5.74, 6) is -0.0450. The smallest absolute Gasteiger partial charge is 0.414 e. The Morgan fingerprint density at radius 3 is 2.35 bits per heavy atom. The molecule has 1 atom stereocenters. The molecule has 2 aliphatic heterocycles. The highest BCUT2D eigenvalue weighted by atomic mass is 28.1. The first kappa shape index (κ1) is 18.9. The Bertz CT molecular complexity index is 689. The molecule has 0 bridgehead atoms. The van der Waals surface area contributed by atoms with Crippen LogP contribution in [0.2, 0.25) is 0 Å². The molecule has 7 nitrogen and oxygen atoms in total. The molecule has 1 aromatic carbocycles. The van der Waals surface area contributed by atoms with Crippen molar-refractivity contribution in [1.82, 2.24) is 5.32 Å². The Hall–Kier alpha value is -1.90. The first-order valence-corrected chi connectivity index (χ1v) is 9.91. The molecule has 0 aromatic heterocycles.